The molecule has 0 radical (unpaired) electrons. The van der Waals surface area contributed by atoms with Crippen LogP contribution in [0.15, 0.2) is 18.5 Å². The number of aromatic nitrogens is 2. The Balaban J connectivity index is 1.93. The smallest absolute Gasteiger partial charge is 0.0897 e. The topological polar surface area (TPSA) is 59.3 Å². The molecule has 2 N–H and O–H groups in total. The van der Waals surface area contributed by atoms with E-state index in [0.717, 1.165) is 19.5 Å². The molecular formula is C12H23N3O2. The van der Waals surface area contributed by atoms with Gasteiger partial charge in [-0.05, 0) is 32.9 Å². The Hall–Kier alpha value is -0.910. The van der Waals surface area contributed by atoms with Crippen molar-refractivity contribution in [3.05, 3.63) is 18.5 Å². The first kappa shape index (κ1) is 14.2. The molecule has 5 heteroatoms. The van der Waals surface area contributed by atoms with Crippen molar-refractivity contribution < 1.29 is 9.84 Å². The molecule has 0 spiro atoms. The van der Waals surface area contributed by atoms with Crippen LogP contribution in [0, 0.1) is 0 Å². The molecule has 0 bridgehead atoms. The lowest BCUT2D eigenvalue weighted by Gasteiger charge is -2.14. The maximum Gasteiger partial charge on any atom is 0.0897 e. The van der Waals surface area contributed by atoms with Gasteiger partial charge in [-0.1, -0.05) is 0 Å². The zero-order valence-corrected chi connectivity index (χ0v) is 10.7. The molecule has 1 unspecified atom stereocenters. The van der Waals surface area contributed by atoms with Crippen molar-refractivity contribution in [3.63, 3.8) is 0 Å². The summed E-state index contributed by atoms with van der Waals surface area (Å²) in [5.41, 5.74) is 0. The summed E-state index contributed by atoms with van der Waals surface area (Å²) < 4.78 is 7.22. The number of aryl methyl sites for hydroxylation is 1. The molecule has 5 nitrogen and oxygen atoms in total. The van der Waals surface area contributed by atoms with Crippen LogP contribution in [0.25, 0.3) is 0 Å². The second-order valence-electron chi connectivity index (χ2n) is 4.36. The van der Waals surface area contributed by atoms with Crippen molar-refractivity contribution in [1.82, 2.24) is 15.1 Å². The summed E-state index contributed by atoms with van der Waals surface area (Å²) in [6.07, 6.45) is 4.47. The van der Waals surface area contributed by atoms with Gasteiger partial charge in [0, 0.05) is 25.5 Å². The summed E-state index contributed by atoms with van der Waals surface area (Å²) in [6.45, 7) is 6.67. The van der Waals surface area contributed by atoms with Gasteiger partial charge in [-0.15, -0.1) is 0 Å². The lowest BCUT2D eigenvalue weighted by Crippen LogP contribution is -2.32. The minimum Gasteiger partial charge on any atom is -0.389 e. The zero-order chi connectivity index (χ0) is 12.5. The van der Waals surface area contributed by atoms with Gasteiger partial charge >= 0.3 is 0 Å². The predicted molar refractivity (Wildman–Crippen MR) is 66.8 cm³/mol. The van der Waals surface area contributed by atoms with E-state index in [-0.39, 0.29) is 6.10 Å². The Morgan fingerprint density at radius 3 is 2.94 bits per heavy atom. The van der Waals surface area contributed by atoms with Crippen molar-refractivity contribution in [3.8, 4) is 0 Å². The maximum absolute atomic E-state index is 9.58. The van der Waals surface area contributed by atoms with E-state index >= 15 is 0 Å². The number of nitrogens with one attached hydrogen (secondary N) is 1. The van der Waals surface area contributed by atoms with E-state index in [1.165, 1.54) is 0 Å². The fraction of sp³-hybridized carbons (Fsp3) is 0.750. The molecule has 1 aromatic heterocycles. The third-order valence-electron chi connectivity index (χ3n) is 2.30. The Morgan fingerprint density at radius 2 is 2.29 bits per heavy atom. The lowest BCUT2D eigenvalue weighted by atomic mass is 10.3. The van der Waals surface area contributed by atoms with E-state index in [4.69, 9.17) is 4.74 Å². The van der Waals surface area contributed by atoms with E-state index in [9.17, 15) is 5.11 Å². The van der Waals surface area contributed by atoms with Gasteiger partial charge in [0.1, 0.15) is 0 Å². The third-order valence-corrected chi connectivity index (χ3v) is 2.30. The van der Waals surface area contributed by atoms with Gasteiger partial charge < -0.3 is 15.2 Å². The summed E-state index contributed by atoms with van der Waals surface area (Å²) in [5.74, 6) is 0. The number of nitrogens with zero attached hydrogens (tertiary/aromatic N) is 2. The van der Waals surface area contributed by atoms with Gasteiger partial charge in [-0.3, -0.25) is 4.68 Å². The van der Waals surface area contributed by atoms with Crippen molar-refractivity contribution in [2.75, 3.05) is 19.7 Å². The number of aliphatic hydroxyl groups is 1. The first-order valence-electron chi connectivity index (χ1n) is 6.16. The highest BCUT2D eigenvalue weighted by Gasteiger charge is 2.04. The standard InChI is InChI=1S/C12H23N3O2/c1-11(2)17-10-12(16)9-13-5-3-7-15-8-4-6-14-15/h4,6,8,11-13,16H,3,5,7,9-10H2,1-2H3. The van der Waals surface area contributed by atoms with Gasteiger partial charge in [0.2, 0.25) is 0 Å². The van der Waals surface area contributed by atoms with Crippen molar-refractivity contribution >= 4 is 0 Å². The Bertz CT molecular complexity index is 275. The number of hydrogen-bond donors (Lipinski definition) is 2. The van der Waals surface area contributed by atoms with Crippen LogP contribution in [0.2, 0.25) is 0 Å². The van der Waals surface area contributed by atoms with Crippen LogP contribution in [0.5, 0.6) is 0 Å². The van der Waals surface area contributed by atoms with Crippen LogP contribution in [-0.4, -0.2) is 46.8 Å². The number of rotatable bonds is 9. The highest BCUT2D eigenvalue weighted by Crippen LogP contribution is 1.91. The summed E-state index contributed by atoms with van der Waals surface area (Å²) >= 11 is 0. The molecule has 0 fully saturated rings. The number of hydrogen-bond acceptors (Lipinski definition) is 4. The maximum atomic E-state index is 9.58. The molecule has 98 valence electrons. The molecule has 0 amide bonds. The first-order chi connectivity index (χ1) is 8.18. The predicted octanol–water partition coefficient (Wildman–Crippen LogP) is 0.649. The van der Waals surface area contributed by atoms with Crippen LogP contribution in [0.4, 0.5) is 0 Å². The largest absolute Gasteiger partial charge is 0.389 e. The highest BCUT2D eigenvalue weighted by atomic mass is 16.5. The molecular weight excluding hydrogens is 218 g/mol. The van der Waals surface area contributed by atoms with E-state index in [0.29, 0.717) is 13.2 Å². The zero-order valence-electron chi connectivity index (χ0n) is 10.7. The van der Waals surface area contributed by atoms with E-state index in [1.807, 2.05) is 30.8 Å². The van der Waals surface area contributed by atoms with Gasteiger partial charge in [0.05, 0.1) is 18.8 Å². The summed E-state index contributed by atoms with van der Waals surface area (Å²) in [5, 5.41) is 16.9. The molecule has 0 aromatic carbocycles. The minimum atomic E-state index is -0.429. The van der Waals surface area contributed by atoms with Gasteiger partial charge in [0.25, 0.3) is 0 Å². The van der Waals surface area contributed by atoms with E-state index < -0.39 is 6.10 Å². The van der Waals surface area contributed by atoms with Gasteiger partial charge in [-0.25, -0.2) is 0 Å². The van der Waals surface area contributed by atoms with Gasteiger partial charge in [0.15, 0.2) is 0 Å². The third kappa shape index (κ3) is 7.10. The average Bonchev–Trinajstić information content (AvgIpc) is 2.79. The molecule has 0 saturated carbocycles. The summed E-state index contributed by atoms with van der Waals surface area (Å²) in [6, 6.07) is 1.92. The minimum absolute atomic E-state index is 0.171. The Morgan fingerprint density at radius 1 is 1.47 bits per heavy atom. The molecule has 17 heavy (non-hydrogen) atoms. The average molecular weight is 241 g/mol. The van der Waals surface area contributed by atoms with Crippen LogP contribution in [0.3, 0.4) is 0 Å². The van der Waals surface area contributed by atoms with Crippen molar-refractivity contribution in [1.29, 1.82) is 0 Å². The van der Waals surface area contributed by atoms with E-state index in [1.54, 1.807) is 6.20 Å². The fourth-order valence-electron chi connectivity index (χ4n) is 1.43. The monoisotopic (exact) mass is 241 g/mol. The molecule has 1 atom stereocenters. The highest BCUT2D eigenvalue weighted by molar-refractivity contribution is 4.77. The molecule has 1 aromatic rings. The van der Waals surface area contributed by atoms with Crippen LogP contribution in [-0.2, 0) is 11.3 Å². The quantitative estimate of drug-likeness (QED) is 0.623. The number of ether oxygens (including phenoxy) is 1. The van der Waals surface area contributed by atoms with Crippen LogP contribution < -0.4 is 5.32 Å². The molecule has 0 saturated heterocycles. The second kappa shape index (κ2) is 8.22. The molecule has 1 heterocycles. The summed E-state index contributed by atoms with van der Waals surface area (Å²) in [7, 11) is 0. The first-order valence-corrected chi connectivity index (χ1v) is 6.16. The van der Waals surface area contributed by atoms with E-state index in [2.05, 4.69) is 10.4 Å². The normalized spacial score (nSPS) is 13.2. The van der Waals surface area contributed by atoms with Crippen molar-refractivity contribution in [2.24, 2.45) is 0 Å². The van der Waals surface area contributed by atoms with Gasteiger partial charge in [-0.2, -0.15) is 5.10 Å². The van der Waals surface area contributed by atoms with Crippen molar-refractivity contribution in [2.45, 2.75) is 39.0 Å². The molecule has 0 aliphatic heterocycles. The second-order valence-corrected chi connectivity index (χ2v) is 4.36. The Labute approximate surface area is 103 Å². The molecule has 0 aliphatic rings. The fourth-order valence-corrected chi connectivity index (χ4v) is 1.43. The van der Waals surface area contributed by atoms with Crippen LogP contribution >= 0.6 is 0 Å². The summed E-state index contributed by atoms with van der Waals surface area (Å²) in [4.78, 5) is 0. The molecule has 0 aliphatic carbocycles. The Kier molecular flexibility index (Phi) is 6.84. The lowest BCUT2D eigenvalue weighted by molar-refractivity contribution is 0.00644. The molecule has 1 rings (SSSR count). The SMILES string of the molecule is CC(C)OCC(O)CNCCCn1cccn1. The van der Waals surface area contributed by atoms with Crippen LogP contribution in [0.1, 0.15) is 20.3 Å². The number of aliphatic hydroxyl groups excluding tert-OH is 1.